The van der Waals surface area contributed by atoms with Crippen molar-refractivity contribution in [2.24, 2.45) is 23.7 Å². The van der Waals surface area contributed by atoms with Crippen molar-refractivity contribution in [1.82, 2.24) is 0 Å². The van der Waals surface area contributed by atoms with Crippen LogP contribution in [0.25, 0.3) is 0 Å². The van der Waals surface area contributed by atoms with E-state index in [2.05, 4.69) is 20.8 Å². The third kappa shape index (κ3) is 1.96. The first-order valence-corrected chi connectivity index (χ1v) is 8.00. The van der Waals surface area contributed by atoms with Gasteiger partial charge in [-0.3, -0.25) is 0 Å². The molecule has 4 aliphatic rings. The molecule has 3 heterocycles. The molecule has 0 aromatic heterocycles. The monoisotopic (exact) mass is 284 g/mol. The Morgan fingerprint density at radius 2 is 1.90 bits per heavy atom. The summed E-state index contributed by atoms with van der Waals surface area (Å²) in [5.41, 5.74) is -0.448. The van der Waals surface area contributed by atoms with E-state index in [0.717, 1.165) is 19.3 Å². The Morgan fingerprint density at radius 1 is 1.15 bits per heavy atom. The van der Waals surface area contributed by atoms with Gasteiger partial charge in [-0.1, -0.05) is 20.8 Å². The Bertz CT molecular complexity index is 371. The van der Waals surface area contributed by atoms with Gasteiger partial charge in [0.05, 0.1) is 0 Å². The first kappa shape index (κ1) is 14.8. The molecule has 0 aromatic rings. The fourth-order valence-corrected chi connectivity index (χ4v) is 4.71. The van der Waals surface area contributed by atoms with Crippen LogP contribution in [0.3, 0.4) is 0 Å². The molecule has 0 radical (unpaired) electrons. The maximum atomic E-state index is 6.17. The van der Waals surface area contributed by atoms with Crippen molar-refractivity contribution >= 4 is 0 Å². The summed E-state index contributed by atoms with van der Waals surface area (Å²) in [6.07, 6.45) is 4.03. The lowest BCUT2D eigenvalue weighted by Crippen LogP contribution is -2.65. The van der Waals surface area contributed by atoms with Gasteiger partial charge in [0.1, 0.15) is 0 Å². The Hall–Kier alpha value is -0.160. The van der Waals surface area contributed by atoms with Crippen LogP contribution < -0.4 is 0 Å². The minimum atomic E-state index is -0.662. The molecule has 4 fully saturated rings. The van der Waals surface area contributed by atoms with Gasteiger partial charge in [0.25, 0.3) is 0 Å². The van der Waals surface area contributed by atoms with E-state index in [1.165, 1.54) is 6.42 Å². The van der Waals surface area contributed by atoms with Gasteiger partial charge in [0.2, 0.25) is 5.79 Å². The molecule has 4 heteroatoms. The Balaban J connectivity index is 2.06. The van der Waals surface area contributed by atoms with Crippen LogP contribution in [0.1, 0.15) is 53.4 Å². The summed E-state index contributed by atoms with van der Waals surface area (Å²) >= 11 is 0. The van der Waals surface area contributed by atoms with Gasteiger partial charge in [-0.05, 0) is 49.9 Å². The molecule has 2 bridgehead atoms. The minimum Gasteiger partial charge on any atom is -0.353 e. The smallest absolute Gasteiger partial charge is 0.201 e. The standard InChI is InChI=1S/C16H28O4/c1-10(2)12-7-6-11(3)13-8-9-15(4)18-14(17-5)16(12,13)20-19-15/h10-14H,6-9H2,1-5H3/t11-,12+,13+,14-,15-,16+/m1/s1. The molecule has 1 spiro atoms. The molecule has 0 aromatic carbocycles. The Labute approximate surface area is 122 Å². The highest BCUT2D eigenvalue weighted by atomic mass is 17.3. The van der Waals surface area contributed by atoms with Gasteiger partial charge in [-0.25, -0.2) is 9.78 Å². The van der Waals surface area contributed by atoms with E-state index in [4.69, 9.17) is 19.2 Å². The second kappa shape index (κ2) is 4.94. The lowest BCUT2D eigenvalue weighted by Gasteiger charge is -2.55. The van der Waals surface area contributed by atoms with E-state index in [-0.39, 0.29) is 6.29 Å². The number of rotatable bonds is 2. The molecule has 1 aliphatic carbocycles. The van der Waals surface area contributed by atoms with Crippen molar-refractivity contribution in [3.05, 3.63) is 0 Å². The third-order valence-corrected chi connectivity index (χ3v) is 5.79. The van der Waals surface area contributed by atoms with Crippen molar-refractivity contribution in [3.63, 3.8) is 0 Å². The van der Waals surface area contributed by atoms with Crippen LogP contribution in [0.4, 0.5) is 0 Å². The molecule has 3 aliphatic heterocycles. The molecule has 116 valence electrons. The second-order valence-electron chi connectivity index (χ2n) is 7.39. The second-order valence-corrected chi connectivity index (χ2v) is 7.39. The summed E-state index contributed by atoms with van der Waals surface area (Å²) < 4.78 is 11.9. The molecular formula is C16H28O4. The number of fused-ring (bicyclic) bond motifs is 3. The first-order valence-electron chi connectivity index (χ1n) is 8.00. The molecule has 4 rings (SSSR count). The topological polar surface area (TPSA) is 36.9 Å². The van der Waals surface area contributed by atoms with Gasteiger partial charge in [0.15, 0.2) is 11.9 Å². The SMILES string of the molecule is CO[C@@H]1O[C@@]2(C)CC[C@H]3[C@H](C)CC[C@@H](C(C)C)[C@@]13OO2. The van der Waals surface area contributed by atoms with Gasteiger partial charge >= 0.3 is 0 Å². The summed E-state index contributed by atoms with van der Waals surface area (Å²) in [5, 5.41) is 0. The van der Waals surface area contributed by atoms with Crippen LogP contribution in [0, 0.1) is 23.7 Å². The number of hydrogen-bond donors (Lipinski definition) is 0. The summed E-state index contributed by atoms with van der Waals surface area (Å²) in [5.74, 6) is 1.34. The average molecular weight is 284 g/mol. The number of ether oxygens (including phenoxy) is 2. The highest BCUT2D eigenvalue weighted by molar-refractivity contribution is 5.06. The average Bonchev–Trinajstić information content (AvgIpc) is 2.63. The van der Waals surface area contributed by atoms with Gasteiger partial charge < -0.3 is 9.47 Å². The van der Waals surface area contributed by atoms with Crippen LogP contribution in [0.2, 0.25) is 0 Å². The Morgan fingerprint density at radius 3 is 2.55 bits per heavy atom. The maximum absolute atomic E-state index is 6.17. The zero-order valence-electron chi connectivity index (χ0n) is 13.3. The summed E-state index contributed by atoms with van der Waals surface area (Å²) in [6, 6.07) is 0. The highest BCUT2D eigenvalue weighted by Crippen LogP contribution is 2.57. The molecule has 4 nitrogen and oxygen atoms in total. The van der Waals surface area contributed by atoms with E-state index in [9.17, 15) is 0 Å². The minimum absolute atomic E-state index is 0.330. The number of hydrogen-bond acceptors (Lipinski definition) is 4. The van der Waals surface area contributed by atoms with E-state index in [1.807, 2.05) is 6.92 Å². The molecular weight excluding hydrogens is 256 g/mol. The normalized spacial score (nSPS) is 51.9. The molecule has 1 saturated carbocycles. The number of methoxy groups -OCH3 is 1. The van der Waals surface area contributed by atoms with Gasteiger partial charge in [-0.2, -0.15) is 0 Å². The largest absolute Gasteiger partial charge is 0.353 e. The quantitative estimate of drug-likeness (QED) is 0.727. The fraction of sp³-hybridized carbons (Fsp3) is 1.00. The van der Waals surface area contributed by atoms with Crippen molar-refractivity contribution in [3.8, 4) is 0 Å². The summed E-state index contributed by atoms with van der Waals surface area (Å²) in [6.45, 7) is 8.82. The lowest BCUT2D eigenvalue weighted by molar-refractivity contribution is -0.557. The van der Waals surface area contributed by atoms with Crippen LogP contribution in [-0.4, -0.2) is 24.8 Å². The Kier molecular flexibility index (Phi) is 3.65. The lowest BCUT2D eigenvalue weighted by atomic mass is 9.59. The fourth-order valence-electron chi connectivity index (χ4n) is 4.71. The predicted octanol–water partition coefficient (Wildman–Crippen LogP) is 3.50. The molecule has 20 heavy (non-hydrogen) atoms. The molecule has 6 atom stereocenters. The third-order valence-electron chi connectivity index (χ3n) is 5.79. The van der Waals surface area contributed by atoms with E-state index in [0.29, 0.717) is 23.7 Å². The van der Waals surface area contributed by atoms with Crippen molar-refractivity contribution in [1.29, 1.82) is 0 Å². The molecule has 0 N–H and O–H groups in total. The van der Waals surface area contributed by atoms with Gasteiger partial charge in [0, 0.05) is 13.5 Å². The van der Waals surface area contributed by atoms with E-state index < -0.39 is 11.4 Å². The molecule has 0 amide bonds. The summed E-state index contributed by atoms with van der Waals surface area (Å²) in [7, 11) is 1.72. The van der Waals surface area contributed by atoms with Crippen molar-refractivity contribution in [2.75, 3.05) is 7.11 Å². The zero-order valence-corrected chi connectivity index (χ0v) is 13.3. The highest BCUT2D eigenvalue weighted by Gasteiger charge is 2.65. The van der Waals surface area contributed by atoms with Crippen molar-refractivity contribution in [2.45, 2.75) is 71.1 Å². The van der Waals surface area contributed by atoms with Crippen LogP contribution in [0.15, 0.2) is 0 Å². The van der Waals surface area contributed by atoms with Crippen LogP contribution in [0.5, 0.6) is 0 Å². The van der Waals surface area contributed by atoms with Crippen LogP contribution in [-0.2, 0) is 19.2 Å². The maximum Gasteiger partial charge on any atom is 0.201 e. The van der Waals surface area contributed by atoms with E-state index >= 15 is 0 Å². The molecule has 3 saturated heterocycles. The zero-order chi connectivity index (χ0) is 14.5. The van der Waals surface area contributed by atoms with Crippen molar-refractivity contribution < 1.29 is 19.2 Å². The molecule has 0 unspecified atom stereocenters. The summed E-state index contributed by atoms with van der Waals surface area (Å²) in [4.78, 5) is 11.8. The van der Waals surface area contributed by atoms with E-state index in [1.54, 1.807) is 7.11 Å². The first-order chi connectivity index (χ1) is 9.43. The van der Waals surface area contributed by atoms with Crippen LogP contribution >= 0.6 is 0 Å². The van der Waals surface area contributed by atoms with Gasteiger partial charge in [-0.15, -0.1) is 0 Å². The predicted molar refractivity (Wildman–Crippen MR) is 74.6 cm³/mol.